The van der Waals surface area contributed by atoms with Crippen LogP contribution >= 0.6 is 11.3 Å². The van der Waals surface area contributed by atoms with Crippen LogP contribution in [0.15, 0.2) is 10.9 Å². The van der Waals surface area contributed by atoms with Crippen molar-refractivity contribution >= 4 is 17.2 Å². The molecular formula is C14H23N3OS. The van der Waals surface area contributed by atoms with E-state index in [-0.39, 0.29) is 11.4 Å². The summed E-state index contributed by atoms with van der Waals surface area (Å²) in [6, 6.07) is 0. The minimum Gasteiger partial charge on any atom is -0.340 e. The lowest BCUT2D eigenvalue weighted by Gasteiger charge is -2.37. The van der Waals surface area contributed by atoms with E-state index in [1.807, 2.05) is 25.0 Å². The summed E-state index contributed by atoms with van der Waals surface area (Å²) in [6.07, 6.45) is 6.57. The van der Waals surface area contributed by atoms with E-state index < -0.39 is 0 Å². The highest BCUT2D eigenvalue weighted by Gasteiger charge is 2.33. The Morgan fingerprint density at radius 1 is 1.47 bits per heavy atom. The summed E-state index contributed by atoms with van der Waals surface area (Å²) in [5.41, 5.74) is 2.80. The minimum atomic E-state index is 0.0195. The molecule has 1 aromatic heterocycles. The molecule has 1 saturated carbocycles. The Kier molecular flexibility index (Phi) is 4.93. The summed E-state index contributed by atoms with van der Waals surface area (Å²) >= 11 is 1.57. The molecule has 0 unspecified atom stereocenters. The third-order valence-electron chi connectivity index (χ3n) is 4.14. The first-order valence-corrected chi connectivity index (χ1v) is 7.89. The van der Waals surface area contributed by atoms with Gasteiger partial charge in [0.05, 0.1) is 17.7 Å². The molecule has 1 aromatic rings. The average molecular weight is 281 g/mol. The molecular weight excluding hydrogens is 258 g/mol. The third-order valence-corrected chi connectivity index (χ3v) is 4.77. The van der Waals surface area contributed by atoms with Crippen LogP contribution in [-0.4, -0.2) is 35.4 Å². The van der Waals surface area contributed by atoms with Gasteiger partial charge in [-0.1, -0.05) is 19.3 Å². The van der Waals surface area contributed by atoms with Crippen LogP contribution in [0.25, 0.3) is 0 Å². The summed E-state index contributed by atoms with van der Waals surface area (Å²) < 4.78 is 0. The van der Waals surface area contributed by atoms with Gasteiger partial charge >= 0.3 is 0 Å². The van der Waals surface area contributed by atoms with Crippen LogP contribution in [0.3, 0.4) is 0 Å². The van der Waals surface area contributed by atoms with Gasteiger partial charge in [-0.25, -0.2) is 4.98 Å². The highest BCUT2D eigenvalue weighted by molar-refractivity contribution is 7.07. The molecule has 0 aromatic carbocycles. The standard InChI is InChI=1S/C14H23N3OS/c1-15-14(6-4-3-5-7-14)8-13(18)17(2)9-12-10-19-11-16-12/h10-11,15H,3-9H2,1-2H3. The minimum absolute atomic E-state index is 0.0195. The zero-order chi connectivity index (χ0) is 13.7. The third kappa shape index (κ3) is 3.76. The zero-order valence-corrected chi connectivity index (χ0v) is 12.6. The van der Waals surface area contributed by atoms with Crippen molar-refractivity contribution in [1.29, 1.82) is 0 Å². The summed E-state index contributed by atoms with van der Waals surface area (Å²) in [7, 11) is 3.85. The fourth-order valence-corrected chi connectivity index (χ4v) is 3.36. The number of carbonyl (C=O) groups is 1. The van der Waals surface area contributed by atoms with Crippen LogP contribution < -0.4 is 5.32 Å². The first kappa shape index (κ1) is 14.5. The highest BCUT2D eigenvalue weighted by Crippen LogP contribution is 2.31. The maximum absolute atomic E-state index is 12.4. The zero-order valence-electron chi connectivity index (χ0n) is 11.8. The molecule has 0 bridgehead atoms. The van der Waals surface area contributed by atoms with Crippen molar-refractivity contribution in [3.63, 3.8) is 0 Å². The predicted molar refractivity (Wildman–Crippen MR) is 78.1 cm³/mol. The molecule has 1 amide bonds. The van der Waals surface area contributed by atoms with E-state index >= 15 is 0 Å². The van der Waals surface area contributed by atoms with Crippen molar-refractivity contribution in [2.24, 2.45) is 0 Å². The predicted octanol–water partition coefficient (Wildman–Crippen LogP) is 2.41. The lowest BCUT2D eigenvalue weighted by atomic mass is 9.79. The number of hydrogen-bond acceptors (Lipinski definition) is 4. The Balaban J connectivity index is 1.91. The van der Waals surface area contributed by atoms with Crippen molar-refractivity contribution < 1.29 is 4.79 Å². The molecule has 5 heteroatoms. The van der Waals surface area contributed by atoms with E-state index in [0.717, 1.165) is 18.5 Å². The number of amides is 1. The van der Waals surface area contributed by atoms with Gasteiger partial charge in [-0.2, -0.15) is 0 Å². The van der Waals surface area contributed by atoms with Crippen molar-refractivity contribution in [1.82, 2.24) is 15.2 Å². The summed E-state index contributed by atoms with van der Waals surface area (Å²) in [5.74, 6) is 0.212. The lowest BCUT2D eigenvalue weighted by molar-refractivity contribution is -0.132. The quantitative estimate of drug-likeness (QED) is 0.901. The second-order valence-corrected chi connectivity index (χ2v) is 6.22. The van der Waals surface area contributed by atoms with E-state index in [4.69, 9.17) is 0 Å². The number of carbonyl (C=O) groups excluding carboxylic acids is 1. The number of thiazole rings is 1. The fraction of sp³-hybridized carbons (Fsp3) is 0.714. The topological polar surface area (TPSA) is 45.2 Å². The van der Waals surface area contributed by atoms with Gasteiger partial charge in [0.25, 0.3) is 0 Å². The van der Waals surface area contributed by atoms with Crippen LogP contribution in [-0.2, 0) is 11.3 Å². The molecule has 2 rings (SSSR count). The smallest absolute Gasteiger partial charge is 0.224 e. The molecule has 4 nitrogen and oxygen atoms in total. The molecule has 0 spiro atoms. The fourth-order valence-electron chi connectivity index (χ4n) is 2.81. The molecule has 1 aliphatic carbocycles. The van der Waals surface area contributed by atoms with E-state index in [9.17, 15) is 4.79 Å². The van der Waals surface area contributed by atoms with E-state index in [2.05, 4.69) is 10.3 Å². The molecule has 0 atom stereocenters. The molecule has 19 heavy (non-hydrogen) atoms. The van der Waals surface area contributed by atoms with Crippen LogP contribution in [0.1, 0.15) is 44.2 Å². The number of nitrogens with one attached hydrogen (secondary N) is 1. The van der Waals surface area contributed by atoms with Crippen LogP contribution in [0.5, 0.6) is 0 Å². The molecule has 0 aliphatic heterocycles. The lowest BCUT2D eigenvalue weighted by Crippen LogP contribution is -2.48. The Morgan fingerprint density at radius 3 is 2.79 bits per heavy atom. The SMILES string of the molecule is CNC1(CC(=O)N(C)Cc2cscn2)CCCCC1. The summed E-state index contributed by atoms with van der Waals surface area (Å²) in [5, 5.41) is 5.40. The Morgan fingerprint density at radius 2 is 2.21 bits per heavy atom. The molecule has 1 aliphatic rings. The first-order chi connectivity index (χ1) is 9.15. The van der Waals surface area contributed by atoms with Crippen LogP contribution in [0.4, 0.5) is 0 Å². The summed E-state index contributed by atoms with van der Waals surface area (Å²) in [4.78, 5) is 18.4. The molecule has 0 saturated heterocycles. The second kappa shape index (κ2) is 6.48. The number of hydrogen-bond donors (Lipinski definition) is 1. The van der Waals surface area contributed by atoms with Crippen molar-refractivity contribution in [3.8, 4) is 0 Å². The molecule has 1 heterocycles. The van der Waals surface area contributed by atoms with Gasteiger partial charge in [-0.15, -0.1) is 11.3 Å². The van der Waals surface area contributed by atoms with Crippen molar-refractivity contribution in [2.75, 3.05) is 14.1 Å². The Hall–Kier alpha value is -0.940. The van der Waals surface area contributed by atoms with Gasteiger partial charge in [-0.3, -0.25) is 4.79 Å². The largest absolute Gasteiger partial charge is 0.340 e. The van der Waals surface area contributed by atoms with Gasteiger partial charge in [0.1, 0.15) is 0 Å². The van der Waals surface area contributed by atoms with Gasteiger partial charge < -0.3 is 10.2 Å². The average Bonchev–Trinajstić information content (AvgIpc) is 2.92. The summed E-state index contributed by atoms with van der Waals surface area (Å²) in [6.45, 7) is 0.613. The van der Waals surface area contributed by atoms with Gasteiger partial charge in [0, 0.05) is 24.4 Å². The van der Waals surface area contributed by atoms with E-state index in [0.29, 0.717) is 13.0 Å². The maximum atomic E-state index is 12.4. The van der Waals surface area contributed by atoms with Gasteiger partial charge in [0.2, 0.25) is 5.91 Å². The number of nitrogens with zero attached hydrogens (tertiary/aromatic N) is 2. The number of aromatic nitrogens is 1. The second-order valence-electron chi connectivity index (χ2n) is 5.50. The highest BCUT2D eigenvalue weighted by atomic mass is 32.1. The van der Waals surface area contributed by atoms with Gasteiger partial charge in [0.15, 0.2) is 0 Å². The van der Waals surface area contributed by atoms with E-state index in [1.165, 1.54) is 19.3 Å². The van der Waals surface area contributed by atoms with Crippen molar-refractivity contribution in [2.45, 2.75) is 50.6 Å². The van der Waals surface area contributed by atoms with Crippen molar-refractivity contribution in [3.05, 3.63) is 16.6 Å². The Labute approximate surface area is 119 Å². The Bertz CT molecular complexity index is 399. The molecule has 1 fully saturated rings. The normalized spacial score (nSPS) is 18.2. The van der Waals surface area contributed by atoms with Crippen LogP contribution in [0, 0.1) is 0 Å². The maximum Gasteiger partial charge on any atom is 0.224 e. The molecule has 0 radical (unpaired) electrons. The van der Waals surface area contributed by atoms with Crippen LogP contribution in [0.2, 0.25) is 0 Å². The monoisotopic (exact) mass is 281 g/mol. The number of rotatable bonds is 5. The van der Waals surface area contributed by atoms with Gasteiger partial charge in [-0.05, 0) is 19.9 Å². The molecule has 106 valence electrons. The first-order valence-electron chi connectivity index (χ1n) is 6.95. The molecule has 1 N–H and O–H groups in total. The van der Waals surface area contributed by atoms with E-state index in [1.54, 1.807) is 16.2 Å².